The van der Waals surface area contributed by atoms with Crippen LogP contribution in [0.15, 0.2) is 42.5 Å². The van der Waals surface area contributed by atoms with E-state index in [4.69, 9.17) is 9.47 Å². The first-order valence-corrected chi connectivity index (χ1v) is 7.30. The van der Waals surface area contributed by atoms with E-state index < -0.39 is 5.60 Å². The zero-order chi connectivity index (χ0) is 17.0. The lowest BCUT2D eigenvalue weighted by molar-refractivity contribution is 0.00695. The standard InChI is InChI=1S/C19H20O4/c1-19(2,3)23-18(21)15-7-5-14(6-8-15)16-9-13(12-20)10-17(11-16)22-4/h5-12H,1-4H3. The zero-order valence-electron chi connectivity index (χ0n) is 13.8. The maximum absolute atomic E-state index is 12.0. The molecule has 2 aromatic rings. The summed E-state index contributed by atoms with van der Waals surface area (Å²) in [5.41, 5.74) is 2.24. The smallest absolute Gasteiger partial charge is 0.338 e. The van der Waals surface area contributed by atoms with Gasteiger partial charge in [0.1, 0.15) is 17.6 Å². The van der Waals surface area contributed by atoms with Crippen molar-refractivity contribution in [2.24, 2.45) is 0 Å². The fourth-order valence-electron chi connectivity index (χ4n) is 2.11. The van der Waals surface area contributed by atoms with Crippen LogP contribution in [0.2, 0.25) is 0 Å². The molecule has 0 saturated heterocycles. The molecule has 0 unspecified atom stereocenters. The average Bonchev–Trinajstić information content (AvgIpc) is 2.52. The monoisotopic (exact) mass is 312 g/mol. The van der Waals surface area contributed by atoms with Crippen LogP contribution in [0.5, 0.6) is 5.75 Å². The number of rotatable bonds is 4. The second-order valence-corrected chi connectivity index (χ2v) is 6.19. The quantitative estimate of drug-likeness (QED) is 0.629. The van der Waals surface area contributed by atoms with E-state index in [-0.39, 0.29) is 5.97 Å². The normalized spacial score (nSPS) is 11.0. The molecule has 0 aliphatic heterocycles. The number of hydrogen-bond acceptors (Lipinski definition) is 4. The Bertz CT molecular complexity index is 709. The second-order valence-electron chi connectivity index (χ2n) is 6.19. The van der Waals surface area contributed by atoms with Crippen molar-refractivity contribution >= 4 is 12.3 Å². The Labute approximate surface area is 136 Å². The van der Waals surface area contributed by atoms with Gasteiger partial charge < -0.3 is 9.47 Å². The van der Waals surface area contributed by atoms with Crippen LogP contribution < -0.4 is 4.74 Å². The summed E-state index contributed by atoms with van der Waals surface area (Å²) >= 11 is 0. The van der Waals surface area contributed by atoms with Gasteiger partial charge in [0.05, 0.1) is 12.7 Å². The maximum Gasteiger partial charge on any atom is 0.338 e. The van der Waals surface area contributed by atoms with Crippen molar-refractivity contribution in [3.63, 3.8) is 0 Å². The van der Waals surface area contributed by atoms with Gasteiger partial charge in [-0.15, -0.1) is 0 Å². The molecule has 0 atom stereocenters. The molecule has 0 heterocycles. The van der Waals surface area contributed by atoms with E-state index in [1.165, 1.54) is 0 Å². The van der Waals surface area contributed by atoms with Gasteiger partial charge in [-0.1, -0.05) is 12.1 Å². The van der Waals surface area contributed by atoms with E-state index in [1.807, 2.05) is 39.0 Å². The number of esters is 1. The van der Waals surface area contributed by atoms with Gasteiger partial charge in [0.25, 0.3) is 0 Å². The first kappa shape index (κ1) is 16.7. The average molecular weight is 312 g/mol. The Morgan fingerprint density at radius 1 is 1.00 bits per heavy atom. The summed E-state index contributed by atoms with van der Waals surface area (Å²) in [5.74, 6) is 0.254. The summed E-state index contributed by atoms with van der Waals surface area (Å²) in [7, 11) is 1.55. The van der Waals surface area contributed by atoms with E-state index >= 15 is 0 Å². The molecule has 0 N–H and O–H groups in total. The number of methoxy groups -OCH3 is 1. The lowest BCUT2D eigenvalue weighted by Crippen LogP contribution is -2.23. The largest absolute Gasteiger partial charge is 0.497 e. The van der Waals surface area contributed by atoms with Crippen molar-refractivity contribution in [2.45, 2.75) is 26.4 Å². The van der Waals surface area contributed by atoms with E-state index in [0.29, 0.717) is 16.9 Å². The highest BCUT2D eigenvalue weighted by atomic mass is 16.6. The SMILES string of the molecule is COc1cc(C=O)cc(-c2ccc(C(=O)OC(C)(C)C)cc2)c1. The van der Waals surface area contributed by atoms with Crippen LogP contribution in [0.1, 0.15) is 41.5 Å². The summed E-state index contributed by atoms with van der Waals surface area (Å²) in [6.07, 6.45) is 0.779. The molecule has 0 amide bonds. The second kappa shape index (κ2) is 6.65. The van der Waals surface area contributed by atoms with Crippen molar-refractivity contribution in [3.8, 4) is 16.9 Å². The van der Waals surface area contributed by atoms with Crippen LogP contribution in [0.25, 0.3) is 11.1 Å². The summed E-state index contributed by atoms with van der Waals surface area (Å²) in [5, 5.41) is 0. The van der Waals surface area contributed by atoms with Crippen LogP contribution >= 0.6 is 0 Å². The van der Waals surface area contributed by atoms with Gasteiger partial charge in [0.15, 0.2) is 0 Å². The van der Waals surface area contributed by atoms with Crippen LogP contribution in [0.4, 0.5) is 0 Å². The number of hydrogen-bond donors (Lipinski definition) is 0. The molecule has 120 valence electrons. The van der Waals surface area contributed by atoms with Crippen LogP contribution in [0.3, 0.4) is 0 Å². The maximum atomic E-state index is 12.0. The Kier molecular flexibility index (Phi) is 4.84. The lowest BCUT2D eigenvalue weighted by Gasteiger charge is -2.19. The molecule has 2 rings (SSSR count). The van der Waals surface area contributed by atoms with E-state index in [1.54, 1.807) is 31.4 Å². The van der Waals surface area contributed by atoms with Crippen LogP contribution in [-0.2, 0) is 4.74 Å². The third-order valence-electron chi connectivity index (χ3n) is 3.15. The molecule has 0 fully saturated rings. The summed E-state index contributed by atoms with van der Waals surface area (Å²) < 4.78 is 10.5. The Morgan fingerprint density at radius 2 is 1.65 bits per heavy atom. The molecule has 4 nitrogen and oxygen atoms in total. The van der Waals surface area contributed by atoms with Crippen LogP contribution in [0, 0.1) is 0 Å². The number of carbonyl (C=O) groups is 2. The van der Waals surface area contributed by atoms with Crippen molar-refractivity contribution in [1.29, 1.82) is 0 Å². The molecule has 4 heteroatoms. The topological polar surface area (TPSA) is 52.6 Å². The molecule has 23 heavy (non-hydrogen) atoms. The molecular weight excluding hydrogens is 292 g/mol. The van der Waals surface area contributed by atoms with Gasteiger partial charge in [0, 0.05) is 5.56 Å². The van der Waals surface area contributed by atoms with Gasteiger partial charge in [0.2, 0.25) is 0 Å². The lowest BCUT2D eigenvalue weighted by atomic mass is 10.0. The number of ether oxygens (including phenoxy) is 2. The molecule has 0 bridgehead atoms. The highest BCUT2D eigenvalue weighted by Crippen LogP contribution is 2.26. The summed E-state index contributed by atoms with van der Waals surface area (Å²) in [6, 6.07) is 12.4. The molecule has 0 aliphatic carbocycles. The summed E-state index contributed by atoms with van der Waals surface area (Å²) in [6.45, 7) is 5.49. The van der Waals surface area contributed by atoms with Crippen molar-refractivity contribution < 1.29 is 19.1 Å². The molecule has 0 saturated carbocycles. The van der Waals surface area contributed by atoms with Crippen molar-refractivity contribution in [3.05, 3.63) is 53.6 Å². The van der Waals surface area contributed by atoms with E-state index in [9.17, 15) is 9.59 Å². The third kappa shape index (κ3) is 4.42. The minimum Gasteiger partial charge on any atom is -0.497 e. The van der Waals surface area contributed by atoms with Crippen molar-refractivity contribution in [1.82, 2.24) is 0 Å². The zero-order valence-corrected chi connectivity index (χ0v) is 13.8. The molecule has 0 aliphatic rings. The predicted octanol–water partition coefficient (Wildman–Crippen LogP) is 4.13. The molecule has 0 spiro atoms. The molecule has 0 aromatic heterocycles. The molecular formula is C19H20O4. The third-order valence-corrected chi connectivity index (χ3v) is 3.15. The Morgan fingerprint density at radius 3 is 2.17 bits per heavy atom. The summed E-state index contributed by atoms with van der Waals surface area (Å²) in [4.78, 5) is 23.0. The van der Waals surface area contributed by atoms with Gasteiger partial charge >= 0.3 is 5.97 Å². The Hall–Kier alpha value is -2.62. The number of benzene rings is 2. The highest BCUT2D eigenvalue weighted by Gasteiger charge is 2.17. The molecule has 0 radical (unpaired) electrons. The first-order chi connectivity index (χ1) is 10.8. The first-order valence-electron chi connectivity index (χ1n) is 7.30. The van der Waals surface area contributed by atoms with E-state index in [0.717, 1.165) is 17.4 Å². The van der Waals surface area contributed by atoms with Crippen LogP contribution in [-0.4, -0.2) is 25.0 Å². The van der Waals surface area contributed by atoms with Gasteiger partial charge in [-0.25, -0.2) is 4.79 Å². The van der Waals surface area contributed by atoms with Crippen molar-refractivity contribution in [2.75, 3.05) is 7.11 Å². The minimum atomic E-state index is -0.526. The van der Waals surface area contributed by atoms with E-state index in [2.05, 4.69) is 0 Å². The fraction of sp³-hybridized carbons (Fsp3) is 0.263. The number of carbonyl (C=O) groups excluding carboxylic acids is 2. The number of aldehydes is 1. The van der Waals surface area contributed by atoms with Gasteiger partial charge in [-0.05, 0) is 62.2 Å². The Balaban J connectivity index is 2.29. The predicted molar refractivity (Wildman–Crippen MR) is 89.0 cm³/mol. The fourth-order valence-corrected chi connectivity index (χ4v) is 2.11. The van der Waals surface area contributed by atoms with Gasteiger partial charge in [-0.3, -0.25) is 4.79 Å². The minimum absolute atomic E-state index is 0.358. The van der Waals surface area contributed by atoms with Gasteiger partial charge in [-0.2, -0.15) is 0 Å². The highest BCUT2D eigenvalue weighted by molar-refractivity contribution is 5.90. The molecule has 2 aromatic carbocycles.